The molecule has 0 saturated heterocycles. The predicted octanol–water partition coefficient (Wildman–Crippen LogP) is 4.89. The largest absolute Gasteiger partial charge is 0.406 e. The zero-order chi connectivity index (χ0) is 16.5. The molecule has 0 amide bonds. The molecule has 24 heavy (non-hydrogen) atoms. The van der Waals surface area contributed by atoms with Crippen LogP contribution in [-0.4, -0.2) is 11.0 Å². The van der Waals surface area contributed by atoms with E-state index in [2.05, 4.69) is 17.1 Å². The molecule has 4 heteroatoms. The SMILES string of the molecule is CC[C@@H]1C(=O)Oc2nc(-c3ccccc3)sc2[C@@H]1c1ccccc1. The lowest BCUT2D eigenvalue weighted by molar-refractivity contribution is -0.141. The second-order valence-electron chi connectivity index (χ2n) is 5.88. The summed E-state index contributed by atoms with van der Waals surface area (Å²) in [6.45, 7) is 2.03. The second kappa shape index (κ2) is 6.21. The summed E-state index contributed by atoms with van der Waals surface area (Å²) in [6, 6.07) is 20.2. The van der Waals surface area contributed by atoms with E-state index < -0.39 is 0 Å². The molecule has 3 nitrogen and oxygen atoms in total. The van der Waals surface area contributed by atoms with E-state index in [1.165, 1.54) is 0 Å². The van der Waals surface area contributed by atoms with Gasteiger partial charge in [0.05, 0.1) is 10.8 Å². The normalized spacial score (nSPS) is 19.6. The molecule has 0 bridgehead atoms. The molecule has 2 aromatic carbocycles. The zero-order valence-corrected chi connectivity index (χ0v) is 14.1. The molecule has 120 valence electrons. The van der Waals surface area contributed by atoms with E-state index in [1.54, 1.807) is 11.3 Å². The van der Waals surface area contributed by atoms with Gasteiger partial charge in [-0.1, -0.05) is 67.6 Å². The van der Waals surface area contributed by atoms with Crippen molar-refractivity contribution in [1.82, 2.24) is 4.98 Å². The minimum absolute atomic E-state index is 0.0161. The number of aromatic nitrogens is 1. The van der Waals surface area contributed by atoms with E-state index in [-0.39, 0.29) is 17.8 Å². The summed E-state index contributed by atoms with van der Waals surface area (Å²) in [6.07, 6.45) is 0.746. The van der Waals surface area contributed by atoms with Gasteiger partial charge in [0.1, 0.15) is 5.01 Å². The Balaban J connectivity index is 1.85. The first-order chi connectivity index (χ1) is 11.8. The topological polar surface area (TPSA) is 39.2 Å². The number of carbonyl (C=O) groups excluding carboxylic acids is 1. The number of thiazole rings is 1. The maximum absolute atomic E-state index is 12.5. The van der Waals surface area contributed by atoms with Gasteiger partial charge >= 0.3 is 5.97 Å². The van der Waals surface area contributed by atoms with Crippen LogP contribution in [0.4, 0.5) is 0 Å². The van der Waals surface area contributed by atoms with Gasteiger partial charge in [0, 0.05) is 11.5 Å². The predicted molar refractivity (Wildman–Crippen MR) is 95.3 cm³/mol. The smallest absolute Gasteiger partial charge is 0.316 e. The van der Waals surface area contributed by atoms with E-state index in [4.69, 9.17) is 4.74 Å². The van der Waals surface area contributed by atoms with Crippen molar-refractivity contribution in [1.29, 1.82) is 0 Å². The minimum Gasteiger partial charge on any atom is -0.406 e. The highest BCUT2D eigenvalue weighted by Crippen LogP contribution is 2.47. The van der Waals surface area contributed by atoms with Crippen molar-refractivity contribution in [2.24, 2.45) is 5.92 Å². The molecule has 1 aromatic heterocycles. The average molecular weight is 335 g/mol. The molecule has 2 heterocycles. The number of rotatable bonds is 3. The molecule has 0 unspecified atom stereocenters. The van der Waals surface area contributed by atoms with Gasteiger partial charge in [-0.25, -0.2) is 4.98 Å². The van der Waals surface area contributed by atoms with E-state index in [0.29, 0.717) is 5.88 Å². The quantitative estimate of drug-likeness (QED) is 0.640. The van der Waals surface area contributed by atoms with Gasteiger partial charge in [0.2, 0.25) is 5.88 Å². The Hall–Kier alpha value is -2.46. The lowest BCUT2D eigenvalue weighted by Crippen LogP contribution is -2.31. The summed E-state index contributed by atoms with van der Waals surface area (Å²) in [7, 11) is 0. The Labute approximate surface area is 144 Å². The van der Waals surface area contributed by atoms with Crippen LogP contribution in [0.25, 0.3) is 10.6 Å². The molecule has 0 spiro atoms. The highest BCUT2D eigenvalue weighted by atomic mass is 32.1. The number of ether oxygens (including phenoxy) is 1. The summed E-state index contributed by atoms with van der Waals surface area (Å²) in [5.74, 6) is 0.151. The molecular weight excluding hydrogens is 318 g/mol. The van der Waals surface area contributed by atoms with E-state index in [1.807, 2.05) is 55.5 Å². The van der Waals surface area contributed by atoms with Crippen LogP contribution in [-0.2, 0) is 4.79 Å². The number of hydrogen-bond acceptors (Lipinski definition) is 4. The van der Waals surface area contributed by atoms with Gasteiger partial charge in [-0.05, 0) is 12.0 Å². The number of fused-ring (bicyclic) bond motifs is 1. The molecule has 1 aliphatic heterocycles. The first-order valence-corrected chi connectivity index (χ1v) is 8.92. The minimum atomic E-state index is -0.177. The lowest BCUT2D eigenvalue weighted by Gasteiger charge is -2.28. The number of hydrogen-bond donors (Lipinski definition) is 0. The van der Waals surface area contributed by atoms with Crippen molar-refractivity contribution in [2.75, 3.05) is 0 Å². The summed E-state index contributed by atoms with van der Waals surface area (Å²) in [4.78, 5) is 18.1. The summed E-state index contributed by atoms with van der Waals surface area (Å²) in [5.41, 5.74) is 2.19. The number of esters is 1. The van der Waals surface area contributed by atoms with Gasteiger partial charge in [-0.3, -0.25) is 4.79 Å². The first-order valence-electron chi connectivity index (χ1n) is 8.10. The van der Waals surface area contributed by atoms with Crippen LogP contribution in [0.15, 0.2) is 60.7 Å². The van der Waals surface area contributed by atoms with E-state index in [9.17, 15) is 4.79 Å². The van der Waals surface area contributed by atoms with Gasteiger partial charge in [-0.2, -0.15) is 0 Å². The molecule has 0 saturated carbocycles. The van der Waals surface area contributed by atoms with Crippen molar-refractivity contribution < 1.29 is 9.53 Å². The Morgan fingerprint density at radius 1 is 1.04 bits per heavy atom. The number of nitrogens with zero attached hydrogens (tertiary/aromatic N) is 1. The fourth-order valence-corrected chi connectivity index (χ4v) is 4.42. The third-order valence-corrected chi connectivity index (χ3v) is 5.59. The van der Waals surface area contributed by atoms with Crippen LogP contribution in [0.2, 0.25) is 0 Å². The van der Waals surface area contributed by atoms with E-state index in [0.717, 1.165) is 27.4 Å². The third kappa shape index (κ3) is 2.53. The standard InChI is InChI=1S/C20H17NO2S/c1-2-15-16(13-9-5-3-6-10-13)17-18(23-20(15)22)21-19(24-17)14-11-7-4-8-12-14/h3-12,15-16H,2H2,1H3/t15-,16+/m0/s1. The summed E-state index contributed by atoms with van der Waals surface area (Å²) >= 11 is 1.62. The fourth-order valence-electron chi connectivity index (χ4n) is 3.23. The Morgan fingerprint density at radius 3 is 2.38 bits per heavy atom. The molecular formula is C20H17NO2S. The zero-order valence-electron chi connectivity index (χ0n) is 13.3. The van der Waals surface area contributed by atoms with Gasteiger partial charge in [0.15, 0.2) is 0 Å². The fraction of sp³-hybridized carbons (Fsp3) is 0.200. The van der Waals surface area contributed by atoms with Crippen LogP contribution in [0, 0.1) is 5.92 Å². The Bertz CT molecular complexity index is 858. The molecule has 0 N–H and O–H groups in total. The van der Waals surface area contributed by atoms with Gasteiger partial charge in [0.25, 0.3) is 0 Å². The van der Waals surface area contributed by atoms with Crippen LogP contribution in [0.1, 0.15) is 29.7 Å². The lowest BCUT2D eigenvalue weighted by atomic mass is 9.82. The van der Waals surface area contributed by atoms with Crippen LogP contribution in [0.5, 0.6) is 5.88 Å². The van der Waals surface area contributed by atoms with Crippen LogP contribution < -0.4 is 4.74 Å². The monoisotopic (exact) mass is 335 g/mol. The summed E-state index contributed by atoms with van der Waals surface area (Å²) in [5, 5.41) is 0.895. The molecule has 4 rings (SSSR count). The molecule has 1 aliphatic rings. The van der Waals surface area contributed by atoms with Crippen molar-refractivity contribution in [3.8, 4) is 16.5 Å². The molecule has 2 atom stereocenters. The van der Waals surface area contributed by atoms with Crippen molar-refractivity contribution in [2.45, 2.75) is 19.3 Å². The number of benzene rings is 2. The highest BCUT2D eigenvalue weighted by Gasteiger charge is 2.40. The van der Waals surface area contributed by atoms with Crippen LogP contribution >= 0.6 is 11.3 Å². The number of carbonyl (C=O) groups is 1. The maximum atomic E-state index is 12.5. The van der Waals surface area contributed by atoms with Gasteiger partial charge < -0.3 is 4.74 Å². The molecule has 3 aromatic rings. The van der Waals surface area contributed by atoms with Crippen molar-refractivity contribution in [3.63, 3.8) is 0 Å². The molecule has 0 radical (unpaired) electrons. The summed E-state index contributed by atoms with van der Waals surface area (Å²) < 4.78 is 5.55. The van der Waals surface area contributed by atoms with Gasteiger partial charge in [-0.15, -0.1) is 11.3 Å². The van der Waals surface area contributed by atoms with Crippen molar-refractivity contribution >= 4 is 17.3 Å². The van der Waals surface area contributed by atoms with Crippen LogP contribution in [0.3, 0.4) is 0 Å². The second-order valence-corrected chi connectivity index (χ2v) is 6.91. The Kier molecular flexibility index (Phi) is 3.90. The van der Waals surface area contributed by atoms with Crippen molar-refractivity contribution in [3.05, 3.63) is 71.1 Å². The van der Waals surface area contributed by atoms with E-state index >= 15 is 0 Å². The molecule has 0 aliphatic carbocycles. The molecule has 0 fully saturated rings. The third-order valence-electron chi connectivity index (χ3n) is 4.42. The highest BCUT2D eigenvalue weighted by molar-refractivity contribution is 7.15. The Morgan fingerprint density at radius 2 is 1.71 bits per heavy atom. The average Bonchev–Trinajstić information content (AvgIpc) is 3.05. The maximum Gasteiger partial charge on any atom is 0.316 e. The first kappa shape index (κ1) is 15.1.